The Kier molecular flexibility index (Phi) is 8.08. The summed E-state index contributed by atoms with van der Waals surface area (Å²) >= 11 is 0. The number of alkyl carbamates (subject to hydrolysis) is 1. The first-order valence-corrected chi connectivity index (χ1v) is 12.3. The highest BCUT2D eigenvalue weighted by Crippen LogP contribution is 2.32. The summed E-state index contributed by atoms with van der Waals surface area (Å²) in [6.07, 6.45) is 4.11. The van der Waals surface area contributed by atoms with Crippen LogP contribution in [0.5, 0.6) is 11.5 Å². The first-order valence-electron chi connectivity index (χ1n) is 12.3. The van der Waals surface area contributed by atoms with Gasteiger partial charge in [0.15, 0.2) is 11.5 Å². The number of benzene rings is 1. The van der Waals surface area contributed by atoms with Crippen molar-refractivity contribution in [3.8, 4) is 28.4 Å². The van der Waals surface area contributed by atoms with Crippen LogP contribution in [0.4, 0.5) is 18.0 Å². The van der Waals surface area contributed by atoms with Gasteiger partial charge in [-0.25, -0.2) is 19.4 Å². The van der Waals surface area contributed by atoms with Gasteiger partial charge in [0.25, 0.3) is 0 Å². The zero-order valence-electron chi connectivity index (χ0n) is 21.4. The molecule has 1 N–H and O–H groups in total. The molecule has 0 radical (unpaired) electrons. The third-order valence-electron chi connectivity index (χ3n) is 5.91. The van der Waals surface area contributed by atoms with E-state index in [0.717, 1.165) is 25.7 Å². The van der Waals surface area contributed by atoms with E-state index in [1.165, 1.54) is 35.4 Å². The lowest BCUT2D eigenvalue weighted by atomic mass is 9.86. The Morgan fingerprint density at radius 3 is 2.53 bits per heavy atom. The molecular weight excluding hydrogens is 503 g/mol. The van der Waals surface area contributed by atoms with Gasteiger partial charge in [0.2, 0.25) is 0 Å². The number of carbonyl (C=O) groups is 1. The van der Waals surface area contributed by atoms with Crippen LogP contribution in [0.15, 0.2) is 49.2 Å². The molecule has 3 aromatic rings. The number of alkyl halides is 3. The van der Waals surface area contributed by atoms with Crippen molar-refractivity contribution < 1.29 is 32.2 Å². The van der Waals surface area contributed by atoms with Gasteiger partial charge in [-0.3, -0.25) is 0 Å². The standard InChI is InChI=1S/C26H30F3N5O4/c1-25(2,3)38-24(35)33-19-10-8-17(9-11-19)15-36-22-13-30-16-31-23(22)18-12-32-34(14-18)20-6-4-5-7-21(20)37-26(27,28)29/h4-7,12-14,16-17,19H,8-11,15H2,1-3H3,(H,33,35). The van der Waals surface area contributed by atoms with Crippen molar-refractivity contribution in [2.24, 2.45) is 5.92 Å². The predicted molar refractivity (Wildman–Crippen MR) is 132 cm³/mol. The number of amides is 1. The number of nitrogens with one attached hydrogen (secondary N) is 1. The third-order valence-corrected chi connectivity index (χ3v) is 5.91. The van der Waals surface area contributed by atoms with Crippen LogP contribution in [0.1, 0.15) is 46.5 Å². The van der Waals surface area contributed by atoms with Crippen LogP contribution in [0.3, 0.4) is 0 Å². The molecule has 0 aliphatic heterocycles. The smallest absolute Gasteiger partial charge is 0.489 e. The van der Waals surface area contributed by atoms with Crippen molar-refractivity contribution in [1.82, 2.24) is 25.1 Å². The van der Waals surface area contributed by atoms with Gasteiger partial charge in [-0.05, 0) is 64.5 Å². The lowest BCUT2D eigenvalue weighted by molar-refractivity contribution is -0.274. The Balaban J connectivity index is 1.38. The lowest BCUT2D eigenvalue weighted by Crippen LogP contribution is -2.41. The molecule has 1 aliphatic rings. The molecule has 4 rings (SSSR count). The van der Waals surface area contributed by atoms with Gasteiger partial charge < -0.3 is 19.5 Å². The minimum Gasteiger partial charge on any atom is -0.489 e. The summed E-state index contributed by atoms with van der Waals surface area (Å²) < 4.78 is 55.3. The molecule has 9 nitrogen and oxygen atoms in total. The van der Waals surface area contributed by atoms with E-state index in [1.807, 2.05) is 20.8 Å². The van der Waals surface area contributed by atoms with E-state index in [1.54, 1.807) is 18.5 Å². The number of ether oxygens (including phenoxy) is 3. The first-order chi connectivity index (χ1) is 18.0. The van der Waals surface area contributed by atoms with Gasteiger partial charge in [-0.2, -0.15) is 5.10 Å². The zero-order valence-corrected chi connectivity index (χ0v) is 21.4. The zero-order chi connectivity index (χ0) is 27.3. The fourth-order valence-corrected chi connectivity index (χ4v) is 4.23. The second-order valence-electron chi connectivity index (χ2n) is 10.1. The molecule has 0 unspecified atom stereocenters. The van der Waals surface area contributed by atoms with Gasteiger partial charge in [-0.15, -0.1) is 13.2 Å². The summed E-state index contributed by atoms with van der Waals surface area (Å²) in [4.78, 5) is 20.4. The van der Waals surface area contributed by atoms with E-state index < -0.39 is 18.1 Å². The van der Waals surface area contributed by atoms with Gasteiger partial charge in [0, 0.05) is 17.8 Å². The van der Waals surface area contributed by atoms with Crippen LogP contribution in [0.25, 0.3) is 16.9 Å². The Labute approximate surface area is 218 Å². The van der Waals surface area contributed by atoms with Gasteiger partial charge in [-0.1, -0.05) is 12.1 Å². The first kappa shape index (κ1) is 27.2. The van der Waals surface area contributed by atoms with Crippen LogP contribution < -0.4 is 14.8 Å². The van der Waals surface area contributed by atoms with Crippen molar-refractivity contribution in [3.05, 3.63) is 49.2 Å². The van der Waals surface area contributed by atoms with Crippen LogP contribution in [0.2, 0.25) is 0 Å². The quantitative estimate of drug-likeness (QED) is 0.416. The van der Waals surface area contributed by atoms with Crippen LogP contribution in [-0.4, -0.2) is 50.5 Å². The van der Waals surface area contributed by atoms with E-state index >= 15 is 0 Å². The average molecular weight is 534 g/mol. The number of para-hydroxylation sites is 2. The Bertz CT molecular complexity index is 1230. The highest BCUT2D eigenvalue weighted by atomic mass is 19.4. The maximum atomic E-state index is 12.8. The minimum absolute atomic E-state index is 0.0618. The molecule has 2 aromatic heterocycles. The predicted octanol–water partition coefficient (Wildman–Crippen LogP) is 5.69. The molecule has 1 aliphatic carbocycles. The fraction of sp³-hybridized carbons (Fsp3) is 0.462. The molecular formula is C26H30F3N5O4. The maximum Gasteiger partial charge on any atom is 0.573 e. The topological polar surface area (TPSA) is 100 Å². The summed E-state index contributed by atoms with van der Waals surface area (Å²) in [7, 11) is 0. The van der Waals surface area contributed by atoms with E-state index in [2.05, 4.69) is 25.1 Å². The number of halogens is 3. The minimum atomic E-state index is -4.83. The number of hydrogen-bond acceptors (Lipinski definition) is 7. The summed E-state index contributed by atoms with van der Waals surface area (Å²) in [5.41, 5.74) is 0.612. The molecule has 0 bridgehead atoms. The van der Waals surface area contributed by atoms with Gasteiger partial charge in [0.05, 0.1) is 19.0 Å². The second-order valence-corrected chi connectivity index (χ2v) is 10.1. The molecule has 38 heavy (non-hydrogen) atoms. The number of aromatic nitrogens is 4. The number of carbonyl (C=O) groups excluding carboxylic acids is 1. The fourth-order valence-electron chi connectivity index (χ4n) is 4.23. The van der Waals surface area contributed by atoms with Crippen LogP contribution in [-0.2, 0) is 4.74 Å². The Hall–Kier alpha value is -3.83. The van der Waals surface area contributed by atoms with Gasteiger partial charge in [0.1, 0.15) is 23.3 Å². The molecule has 0 saturated heterocycles. The number of hydrogen-bond donors (Lipinski definition) is 1. The Morgan fingerprint density at radius 1 is 1.08 bits per heavy atom. The monoisotopic (exact) mass is 533 g/mol. The molecule has 1 amide bonds. The van der Waals surface area contributed by atoms with E-state index in [4.69, 9.17) is 9.47 Å². The molecule has 0 atom stereocenters. The number of rotatable bonds is 7. The van der Waals surface area contributed by atoms with E-state index in [0.29, 0.717) is 23.6 Å². The molecule has 1 aromatic carbocycles. The third kappa shape index (κ3) is 7.59. The molecule has 1 saturated carbocycles. The van der Waals surface area contributed by atoms with E-state index in [-0.39, 0.29) is 23.4 Å². The average Bonchev–Trinajstić information content (AvgIpc) is 3.32. The van der Waals surface area contributed by atoms with Crippen molar-refractivity contribution in [2.45, 2.75) is 64.5 Å². The Morgan fingerprint density at radius 2 is 1.82 bits per heavy atom. The van der Waals surface area contributed by atoms with Crippen LogP contribution >= 0.6 is 0 Å². The molecule has 1 fully saturated rings. The van der Waals surface area contributed by atoms with Gasteiger partial charge >= 0.3 is 12.5 Å². The normalized spacial score (nSPS) is 18.1. The molecule has 0 spiro atoms. The van der Waals surface area contributed by atoms with Crippen molar-refractivity contribution in [1.29, 1.82) is 0 Å². The lowest BCUT2D eigenvalue weighted by Gasteiger charge is -2.30. The van der Waals surface area contributed by atoms with Crippen molar-refractivity contribution in [2.75, 3.05) is 6.61 Å². The summed E-state index contributed by atoms with van der Waals surface area (Å²) in [5.74, 6) is 0.361. The largest absolute Gasteiger partial charge is 0.573 e. The van der Waals surface area contributed by atoms with Crippen molar-refractivity contribution in [3.63, 3.8) is 0 Å². The number of nitrogens with zero attached hydrogens (tertiary/aromatic N) is 4. The second kappa shape index (κ2) is 11.3. The SMILES string of the molecule is CC(C)(C)OC(=O)NC1CCC(COc2cncnc2-c2cnn(-c3ccccc3OC(F)(F)F)c2)CC1. The molecule has 12 heteroatoms. The summed E-state index contributed by atoms with van der Waals surface area (Å²) in [5, 5.41) is 7.14. The van der Waals surface area contributed by atoms with E-state index in [9.17, 15) is 18.0 Å². The highest BCUT2D eigenvalue weighted by molar-refractivity contribution is 5.68. The van der Waals surface area contributed by atoms with Crippen LogP contribution in [0, 0.1) is 5.92 Å². The molecule has 2 heterocycles. The molecule has 204 valence electrons. The summed E-state index contributed by atoms with van der Waals surface area (Å²) in [6, 6.07) is 5.81. The maximum absolute atomic E-state index is 12.8. The van der Waals surface area contributed by atoms with Crippen molar-refractivity contribution >= 4 is 6.09 Å². The highest BCUT2D eigenvalue weighted by Gasteiger charge is 2.32. The summed E-state index contributed by atoms with van der Waals surface area (Å²) in [6.45, 7) is 5.92.